The van der Waals surface area contributed by atoms with Crippen LogP contribution in [0.4, 0.5) is 5.69 Å². The molecule has 4 atom stereocenters. The Kier molecular flexibility index (Phi) is 3.89. The predicted molar refractivity (Wildman–Crippen MR) is 114 cm³/mol. The van der Waals surface area contributed by atoms with Gasteiger partial charge in [-0.2, -0.15) is 0 Å². The van der Waals surface area contributed by atoms with Crippen molar-refractivity contribution >= 4 is 52.0 Å². The first-order chi connectivity index (χ1) is 14.0. The fraction of sp³-hybridized carbons (Fsp3) is 0.429. The van der Waals surface area contributed by atoms with E-state index in [4.69, 9.17) is 23.2 Å². The van der Waals surface area contributed by atoms with Crippen molar-refractivity contribution in [2.24, 2.45) is 11.8 Å². The number of rotatable bonds is 3. The number of anilines is 1. The highest BCUT2D eigenvalue weighted by Gasteiger charge is 2.70. The SMILES string of the molecule is O=C1NC[C@H]2C1[C@H](c1cc(Cl)cs1)[C@]1(C(=O)Nc3cc(Cl)ccc31)N2CC1CC1. The van der Waals surface area contributed by atoms with E-state index in [1.165, 1.54) is 24.2 Å². The molecular weight excluding hydrogens is 429 g/mol. The van der Waals surface area contributed by atoms with Crippen molar-refractivity contribution in [3.8, 4) is 0 Å². The average Bonchev–Trinajstić information content (AvgIpc) is 3.02. The smallest absolute Gasteiger partial charge is 0.250 e. The molecule has 8 heteroatoms. The van der Waals surface area contributed by atoms with Crippen LogP contribution in [-0.2, 0) is 15.1 Å². The lowest BCUT2D eigenvalue weighted by atomic mass is 9.74. The summed E-state index contributed by atoms with van der Waals surface area (Å²) in [5, 5.41) is 9.23. The molecule has 1 saturated carbocycles. The number of hydrogen-bond acceptors (Lipinski definition) is 4. The summed E-state index contributed by atoms with van der Waals surface area (Å²) in [5.74, 6) is -0.0212. The molecule has 0 radical (unpaired) electrons. The zero-order valence-corrected chi connectivity index (χ0v) is 17.8. The van der Waals surface area contributed by atoms with E-state index in [0.29, 0.717) is 22.5 Å². The van der Waals surface area contributed by atoms with Crippen LogP contribution in [0.1, 0.15) is 29.2 Å². The van der Waals surface area contributed by atoms with Gasteiger partial charge < -0.3 is 10.6 Å². The highest BCUT2D eigenvalue weighted by Crippen LogP contribution is 2.61. The van der Waals surface area contributed by atoms with Gasteiger partial charge in [-0.05, 0) is 37.0 Å². The van der Waals surface area contributed by atoms with E-state index < -0.39 is 5.54 Å². The maximum absolute atomic E-state index is 13.8. The molecule has 1 aliphatic carbocycles. The number of halogens is 2. The van der Waals surface area contributed by atoms with Gasteiger partial charge in [0.25, 0.3) is 0 Å². The molecule has 3 aliphatic heterocycles. The molecule has 2 amide bonds. The number of carbonyl (C=O) groups excluding carboxylic acids is 2. The molecule has 1 unspecified atom stereocenters. The first-order valence-corrected chi connectivity index (χ1v) is 11.5. The largest absolute Gasteiger partial charge is 0.354 e. The van der Waals surface area contributed by atoms with Crippen LogP contribution in [0.5, 0.6) is 0 Å². The first-order valence-electron chi connectivity index (χ1n) is 9.90. The lowest BCUT2D eigenvalue weighted by Crippen LogP contribution is -2.54. The zero-order chi connectivity index (χ0) is 19.9. The monoisotopic (exact) mass is 447 g/mol. The van der Waals surface area contributed by atoms with Crippen molar-refractivity contribution in [2.45, 2.75) is 30.3 Å². The van der Waals surface area contributed by atoms with E-state index in [9.17, 15) is 9.59 Å². The van der Waals surface area contributed by atoms with Gasteiger partial charge in [-0.3, -0.25) is 14.5 Å². The molecule has 29 heavy (non-hydrogen) atoms. The van der Waals surface area contributed by atoms with E-state index in [1.807, 2.05) is 29.6 Å². The zero-order valence-electron chi connectivity index (χ0n) is 15.5. The molecule has 0 bridgehead atoms. The molecule has 1 aromatic carbocycles. The quantitative estimate of drug-likeness (QED) is 0.751. The summed E-state index contributed by atoms with van der Waals surface area (Å²) in [6.07, 6.45) is 2.35. The summed E-state index contributed by atoms with van der Waals surface area (Å²) in [4.78, 5) is 30.0. The molecule has 2 N–H and O–H groups in total. The van der Waals surface area contributed by atoms with Crippen LogP contribution in [0.3, 0.4) is 0 Å². The number of fused-ring (bicyclic) bond motifs is 3. The van der Waals surface area contributed by atoms with Gasteiger partial charge in [-0.15, -0.1) is 11.3 Å². The fourth-order valence-corrected chi connectivity index (χ4v) is 7.08. The van der Waals surface area contributed by atoms with Crippen molar-refractivity contribution in [1.82, 2.24) is 10.2 Å². The summed E-state index contributed by atoms with van der Waals surface area (Å²) in [6.45, 7) is 1.39. The highest BCUT2D eigenvalue weighted by atomic mass is 35.5. The Morgan fingerprint density at radius 3 is 2.72 bits per heavy atom. The van der Waals surface area contributed by atoms with Gasteiger partial charge in [-0.25, -0.2) is 0 Å². The summed E-state index contributed by atoms with van der Waals surface area (Å²) in [7, 11) is 0. The van der Waals surface area contributed by atoms with Crippen molar-refractivity contribution < 1.29 is 9.59 Å². The number of hydrogen-bond donors (Lipinski definition) is 2. The lowest BCUT2D eigenvalue weighted by Gasteiger charge is -2.39. The standard InChI is InChI=1S/C21H19Cl2N3O2S/c22-11-3-4-13-14(5-11)25-20(28)21(13)18(16-6-12(23)9-29-16)17-15(7-24-19(17)27)26(21)8-10-1-2-10/h3-6,9-10,15,17-18H,1-2,7-8H2,(H,24,27)(H,25,28)/t15-,17?,18-,21+/m0/s1. The van der Waals surface area contributed by atoms with Gasteiger partial charge >= 0.3 is 0 Å². The number of benzene rings is 1. The molecule has 150 valence electrons. The molecule has 5 nitrogen and oxygen atoms in total. The van der Waals surface area contributed by atoms with Gasteiger partial charge in [0.1, 0.15) is 5.54 Å². The van der Waals surface area contributed by atoms with E-state index in [-0.39, 0.29) is 29.7 Å². The van der Waals surface area contributed by atoms with Crippen molar-refractivity contribution in [3.63, 3.8) is 0 Å². The van der Waals surface area contributed by atoms with Gasteiger partial charge in [-0.1, -0.05) is 29.3 Å². The molecule has 1 aromatic heterocycles. The summed E-state index contributed by atoms with van der Waals surface area (Å²) >= 11 is 14.0. The fourth-order valence-electron chi connectivity index (χ4n) is 5.62. The Morgan fingerprint density at radius 2 is 2.00 bits per heavy atom. The molecule has 1 spiro atoms. The topological polar surface area (TPSA) is 61.4 Å². The number of likely N-dealkylation sites (tertiary alicyclic amines) is 1. The minimum absolute atomic E-state index is 0.0126. The lowest BCUT2D eigenvalue weighted by molar-refractivity contribution is -0.128. The van der Waals surface area contributed by atoms with Gasteiger partial charge in [0.05, 0.1) is 10.9 Å². The Bertz CT molecular complexity index is 1050. The minimum atomic E-state index is -0.913. The third kappa shape index (κ3) is 2.43. The summed E-state index contributed by atoms with van der Waals surface area (Å²) in [5.41, 5.74) is 0.754. The van der Waals surface area contributed by atoms with Gasteiger partial charge in [0.2, 0.25) is 11.8 Å². The van der Waals surface area contributed by atoms with Gasteiger partial charge in [0.15, 0.2) is 0 Å². The van der Waals surface area contributed by atoms with Crippen LogP contribution in [0, 0.1) is 11.8 Å². The summed E-state index contributed by atoms with van der Waals surface area (Å²) in [6, 6.07) is 7.51. The molecule has 3 fully saturated rings. The Morgan fingerprint density at radius 1 is 1.17 bits per heavy atom. The second-order valence-electron chi connectivity index (χ2n) is 8.49. The third-order valence-corrected chi connectivity index (χ3v) is 8.50. The molecule has 2 saturated heterocycles. The Balaban J connectivity index is 1.62. The Hall–Kier alpha value is -1.60. The summed E-state index contributed by atoms with van der Waals surface area (Å²) < 4.78 is 0. The van der Waals surface area contributed by atoms with Crippen LogP contribution in [0.15, 0.2) is 29.6 Å². The number of carbonyl (C=O) groups is 2. The second-order valence-corrected chi connectivity index (χ2v) is 10.3. The van der Waals surface area contributed by atoms with Crippen LogP contribution in [0.2, 0.25) is 10.0 Å². The Labute approximate surface area is 182 Å². The number of thiophene rings is 1. The van der Waals surface area contributed by atoms with Crippen LogP contribution < -0.4 is 10.6 Å². The van der Waals surface area contributed by atoms with Crippen molar-refractivity contribution in [3.05, 3.63) is 50.1 Å². The average molecular weight is 448 g/mol. The molecule has 2 aromatic rings. The predicted octanol–water partition coefficient (Wildman–Crippen LogP) is 3.83. The van der Waals surface area contributed by atoms with Crippen LogP contribution in [0.25, 0.3) is 0 Å². The number of nitrogens with zero attached hydrogens (tertiary/aromatic N) is 1. The van der Waals surface area contributed by atoms with Crippen molar-refractivity contribution in [1.29, 1.82) is 0 Å². The maximum atomic E-state index is 13.8. The highest BCUT2D eigenvalue weighted by molar-refractivity contribution is 7.10. The van der Waals surface area contributed by atoms with E-state index in [1.54, 1.807) is 0 Å². The first kappa shape index (κ1) is 18.2. The normalized spacial score (nSPS) is 33.1. The second kappa shape index (κ2) is 6.20. The molecule has 4 aliphatic rings. The number of amides is 2. The van der Waals surface area contributed by atoms with Gasteiger partial charge in [0, 0.05) is 51.6 Å². The van der Waals surface area contributed by atoms with Crippen molar-refractivity contribution in [2.75, 3.05) is 18.4 Å². The van der Waals surface area contributed by atoms with E-state index in [2.05, 4.69) is 15.5 Å². The third-order valence-electron chi connectivity index (χ3n) is 6.90. The molecule has 6 rings (SSSR count). The van der Waals surface area contributed by atoms with E-state index >= 15 is 0 Å². The molecular formula is C21H19Cl2N3O2S. The van der Waals surface area contributed by atoms with Crippen LogP contribution in [-0.4, -0.2) is 35.8 Å². The van der Waals surface area contributed by atoms with Crippen LogP contribution >= 0.6 is 34.5 Å². The minimum Gasteiger partial charge on any atom is -0.354 e. The molecule has 4 heterocycles. The maximum Gasteiger partial charge on any atom is 0.250 e. The number of nitrogens with one attached hydrogen (secondary N) is 2. The van der Waals surface area contributed by atoms with E-state index in [0.717, 1.165) is 22.7 Å².